The second-order valence-corrected chi connectivity index (χ2v) is 16.8. The van der Waals surface area contributed by atoms with E-state index in [-0.39, 0.29) is 0 Å². The van der Waals surface area contributed by atoms with E-state index in [2.05, 4.69) is 65.4 Å². The minimum atomic E-state index is -0.825. The molecule has 1 aliphatic rings. The van der Waals surface area contributed by atoms with Crippen LogP contribution < -0.4 is 10.6 Å². The number of aryl methyl sites for hydroxylation is 1. The quantitative estimate of drug-likeness (QED) is 0.105. The van der Waals surface area contributed by atoms with Gasteiger partial charge in [0.05, 0.1) is 11.9 Å². The van der Waals surface area contributed by atoms with Gasteiger partial charge in [0.2, 0.25) is 0 Å². The molecule has 2 aromatic heterocycles. The summed E-state index contributed by atoms with van der Waals surface area (Å²) in [5.41, 5.74) is 7.86. The van der Waals surface area contributed by atoms with E-state index in [4.69, 9.17) is 0 Å². The molecule has 0 spiro atoms. The van der Waals surface area contributed by atoms with Crippen LogP contribution in [0.1, 0.15) is 22.9 Å². The van der Waals surface area contributed by atoms with Crippen LogP contribution in [0.25, 0.3) is 11.1 Å². The van der Waals surface area contributed by atoms with Crippen molar-refractivity contribution < 1.29 is 5.11 Å². The number of nitrogens with one attached hydrogen (secondary N) is 2. The normalized spacial score (nSPS) is 15.7. The fourth-order valence-electron chi connectivity index (χ4n) is 4.44. The van der Waals surface area contributed by atoms with Crippen LogP contribution in [0.3, 0.4) is 0 Å². The first-order chi connectivity index (χ1) is 18.4. The first kappa shape index (κ1) is 27.1. The zero-order chi connectivity index (χ0) is 26.5. The number of aromatic nitrogens is 2. The number of rotatable bonds is 8. The summed E-state index contributed by atoms with van der Waals surface area (Å²) in [5.74, 6) is 0. The molecule has 0 aliphatic carbocycles. The Morgan fingerprint density at radius 1 is 0.974 bits per heavy atom. The van der Waals surface area contributed by atoms with E-state index < -0.39 is 26.0 Å². The summed E-state index contributed by atoms with van der Waals surface area (Å²) in [7, 11) is 0. The van der Waals surface area contributed by atoms with Crippen molar-refractivity contribution in [3.05, 3.63) is 101 Å². The molecule has 0 radical (unpaired) electrons. The molecule has 0 saturated carbocycles. The average Bonchev–Trinajstić information content (AvgIpc) is 2.93. The minimum Gasteiger partial charge on any atom is -0.354 e. The smallest absolute Gasteiger partial charge is 0.354 e. The molecule has 3 heterocycles. The summed E-state index contributed by atoms with van der Waals surface area (Å²) in [6, 6.07) is 18.2. The predicted molar refractivity (Wildman–Crippen MR) is 170 cm³/mol. The first-order valence-electron chi connectivity index (χ1n) is 12.6. The molecule has 1 atom stereocenters. The SMILES string of the molecule is Cc1ccc(NC(O)c2ccc(CN3CCI(C)CC3)c(Br)c2)cc1Nc1cncc(-c2cccnc2)c1. The van der Waals surface area contributed by atoms with Gasteiger partial charge in [-0.15, -0.1) is 0 Å². The summed E-state index contributed by atoms with van der Waals surface area (Å²) in [6.45, 7) is 5.45. The van der Waals surface area contributed by atoms with Gasteiger partial charge in [0.25, 0.3) is 0 Å². The molecule has 1 fully saturated rings. The van der Waals surface area contributed by atoms with E-state index in [1.807, 2.05) is 54.9 Å². The molecule has 198 valence electrons. The van der Waals surface area contributed by atoms with Crippen molar-refractivity contribution in [2.75, 3.05) is 37.5 Å². The van der Waals surface area contributed by atoms with Crippen molar-refractivity contribution in [1.82, 2.24) is 14.9 Å². The number of pyridine rings is 2. The van der Waals surface area contributed by atoms with Crippen LogP contribution in [-0.4, -0.2) is 46.8 Å². The van der Waals surface area contributed by atoms with E-state index in [1.54, 1.807) is 12.4 Å². The molecule has 6 nitrogen and oxygen atoms in total. The van der Waals surface area contributed by atoms with Crippen LogP contribution in [0, 0.1) is 6.92 Å². The summed E-state index contributed by atoms with van der Waals surface area (Å²) >= 11 is 3.12. The van der Waals surface area contributed by atoms with Crippen molar-refractivity contribution in [2.24, 2.45) is 0 Å². The molecule has 3 N–H and O–H groups in total. The van der Waals surface area contributed by atoms with Gasteiger partial charge in [0.1, 0.15) is 0 Å². The molecule has 4 aromatic rings. The van der Waals surface area contributed by atoms with Gasteiger partial charge >= 0.3 is 142 Å². The number of hydrogen-bond donors (Lipinski definition) is 3. The molecule has 1 unspecified atom stereocenters. The number of halogens is 2. The van der Waals surface area contributed by atoms with Gasteiger partial charge in [-0.2, -0.15) is 0 Å². The number of hydrogen-bond acceptors (Lipinski definition) is 6. The van der Waals surface area contributed by atoms with Crippen LogP contribution in [0.5, 0.6) is 0 Å². The van der Waals surface area contributed by atoms with Gasteiger partial charge < -0.3 is 5.32 Å². The summed E-state index contributed by atoms with van der Waals surface area (Å²) in [4.78, 5) is 13.7. The van der Waals surface area contributed by atoms with Crippen LogP contribution >= 0.6 is 35.7 Å². The van der Waals surface area contributed by atoms with Gasteiger partial charge in [-0.25, -0.2) is 0 Å². The number of aliphatic hydroxyl groups excluding tert-OH is 1. The van der Waals surface area contributed by atoms with Crippen LogP contribution in [0.4, 0.5) is 17.1 Å². The van der Waals surface area contributed by atoms with Crippen LogP contribution in [-0.2, 0) is 6.54 Å². The van der Waals surface area contributed by atoms with Gasteiger partial charge in [-0.3, -0.25) is 9.97 Å². The molecular formula is C30H33BrIN5O. The van der Waals surface area contributed by atoms with E-state index in [0.717, 1.165) is 50.3 Å². The molecule has 1 saturated heterocycles. The molecule has 0 bridgehead atoms. The molecule has 8 heteroatoms. The van der Waals surface area contributed by atoms with Crippen molar-refractivity contribution in [1.29, 1.82) is 0 Å². The topological polar surface area (TPSA) is 73.3 Å². The molecule has 1 aliphatic heterocycles. The van der Waals surface area contributed by atoms with Crippen molar-refractivity contribution in [3.63, 3.8) is 0 Å². The standard InChI is InChI=1S/C30H33BrIN5O/c1-21-5-8-26(16-29(21)35-27-14-25(18-34-19-27)23-4-3-11-33-17-23)36-30(38)22-6-7-24(28(31)15-22)20-37-12-9-32(2)10-13-37/h3-8,11,14-19,30,35-36,38H,9-10,12-13,20H2,1-2H3. The average molecular weight is 686 g/mol. The van der Waals surface area contributed by atoms with Gasteiger partial charge in [0, 0.05) is 35.4 Å². The third-order valence-electron chi connectivity index (χ3n) is 6.79. The van der Waals surface area contributed by atoms with Gasteiger partial charge in [-0.05, 0) is 24.6 Å². The molecular weight excluding hydrogens is 653 g/mol. The predicted octanol–water partition coefficient (Wildman–Crippen LogP) is 7.01. The van der Waals surface area contributed by atoms with E-state index >= 15 is 0 Å². The summed E-state index contributed by atoms with van der Waals surface area (Å²) < 4.78 is 3.88. The van der Waals surface area contributed by atoms with E-state index in [0.29, 0.717) is 0 Å². The Morgan fingerprint density at radius 3 is 2.55 bits per heavy atom. The third kappa shape index (κ3) is 6.91. The summed E-state index contributed by atoms with van der Waals surface area (Å²) in [5, 5.41) is 17.7. The zero-order valence-corrected chi connectivity index (χ0v) is 25.4. The Balaban J connectivity index is 1.26. The van der Waals surface area contributed by atoms with E-state index in [1.165, 1.54) is 27.5 Å². The maximum absolute atomic E-state index is 11.0. The van der Waals surface area contributed by atoms with Crippen molar-refractivity contribution in [2.45, 2.75) is 19.7 Å². The van der Waals surface area contributed by atoms with Crippen molar-refractivity contribution in [3.8, 4) is 11.1 Å². The maximum atomic E-state index is 11.0. The zero-order valence-electron chi connectivity index (χ0n) is 21.7. The van der Waals surface area contributed by atoms with Crippen LogP contribution in [0.2, 0.25) is 0 Å². The van der Waals surface area contributed by atoms with E-state index in [9.17, 15) is 5.11 Å². The fourth-order valence-corrected chi connectivity index (χ4v) is 8.51. The van der Waals surface area contributed by atoms with Crippen LogP contribution in [0.15, 0.2) is 83.9 Å². The number of nitrogens with zero attached hydrogens (tertiary/aromatic N) is 3. The second kappa shape index (κ2) is 12.5. The van der Waals surface area contributed by atoms with Gasteiger partial charge in [0.15, 0.2) is 0 Å². The second-order valence-electron chi connectivity index (χ2n) is 9.63. The Morgan fingerprint density at radius 2 is 1.79 bits per heavy atom. The number of aliphatic hydroxyl groups is 1. The number of benzene rings is 2. The number of anilines is 3. The third-order valence-corrected chi connectivity index (χ3v) is 12.2. The Kier molecular flexibility index (Phi) is 8.93. The minimum absolute atomic E-state index is 0.621. The Bertz CT molecular complexity index is 1380. The molecule has 38 heavy (non-hydrogen) atoms. The Hall–Kier alpha value is -2.53. The molecule has 0 amide bonds. The number of alkyl halides is 3. The molecule has 5 rings (SSSR count). The first-order valence-corrected chi connectivity index (χ1v) is 18.6. The fraction of sp³-hybridized carbons (Fsp3) is 0.267. The van der Waals surface area contributed by atoms with Gasteiger partial charge in [-0.1, -0.05) is 12.1 Å². The summed E-state index contributed by atoms with van der Waals surface area (Å²) in [6.07, 6.45) is 6.41. The Labute approximate surface area is 240 Å². The molecule has 2 aromatic carbocycles. The van der Waals surface area contributed by atoms with Crippen molar-refractivity contribution >= 4 is 52.8 Å². The monoisotopic (exact) mass is 685 g/mol.